The van der Waals surface area contributed by atoms with E-state index >= 15 is 0 Å². The van der Waals surface area contributed by atoms with Crippen LogP contribution in [0.15, 0.2) is 30.5 Å². The molecule has 1 aromatic carbocycles. The number of carboxylic acids is 1. The maximum Gasteiger partial charge on any atom is 0.317 e. The third kappa shape index (κ3) is 3.63. The van der Waals surface area contributed by atoms with Crippen LogP contribution in [0.5, 0.6) is 5.75 Å². The Labute approximate surface area is 138 Å². The molecule has 3 N–H and O–H groups in total. The van der Waals surface area contributed by atoms with Crippen LogP contribution in [0, 0.1) is 0 Å². The maximum atomic E-state index is 10.6. The second kappa shape index (κ2) is 6.56. The summed E-state index contributed by atoms with van der Waals surface area (Å²) in [6, 6.07) is 7.47. The average Bonchev–Trinajstić information content (AvgIpc) is 3.33. The van der Waals surface area contributed by atoms with E-state index in [4.69, 9.17) is 16.7 Å². The molecule has 0 spiro atoms. The van der Waals surface area contributed by atoms with Crippen molar-refractivity contribution in [2.75, 3.05) is 6.54 Å². The Morgan fingerprint density at radius 2 is 2.17 bits per heavy atom. The number of aromatic hydroxyl groups is 1. The van der Waals surface area contributed by atoms with Crippen molar-refractivity contribution in [1.82, 2.24) is 10.3 Å². The summed E-state index contributed by atoms with van der Waals surface area (Å²) in [5.41, 5.74) is 3.16. The molecular weight excluding hydrogens is 316 g/mol. The van der Waals surface area contributed by atoms with Gasteiger partial charge in [0.05, 0.1) is 12.2 Å². The van der Waals surface area contributed by atoms with E-state index in [1.54, 1.807) is 12.3 Å². The molecule has 1 heterocycles. The third-order valence-electron chi connectivity index (χ3n) is 3.86. The molecule has 0 amide bonds. The molecule has 3 rings (SSSR count). The predicted molar refractivity (Wildman–Crippen MR) is 87.7 cm³/mol. The van der Waals surface area contributed by atoms with E-state index < -0.39 is 5.97 Å². The molecule has 0 atom stereocenters. The number of carboxylic acid groups (broad SMARTS) is 1. The van der Waals surface area contributed by atoms with E-state index in [1.807, 2.05) is 18.2 Å². The molecular formula is C17H17ClN2O3. The van der Waals surface area contributed by atoms with Crippen molar-refractivity contribution in [2.45, 2.75) is 25.3 Å². The monoisotopic (exact) mass is 332 g/mol. The Kier molecular flexibility index (Phi) is 4.50. The first kappa shape index (κ1) is 15.8. The van der Waals surface area contributed by atoms with Crippen LogP contribution in [0.3, 0.4) is 0 Å². The number of nitrogens with one attached hydrogen (secondary N) is 1. The van der Waals surface area contributed by atoms with E-state index in [-0.39, 0.29) is 18.8 Å². The van der Waals surface area contributed by atoms with Crippen LogP contribution in [0.4, 0.5) is 0 Å². The molecule has 6 heteroatoms. The first-order valence-electron chi connectivity index (χ1n) is 7.45. The molecule has 5 nitrogen and oxygen atoms in total. The van der Waals surface area contributed by atoms with Gasteiger partial charge >= 0.3 is 5.97 Å². The summed E-state index contributed by atoms with van der Waals surface area (Å²) in [5, 5.41) is 22.7. The van der Waals surface area contributed by atoms with E-state index in [0.29, 0.717) is 16.6 Å². The molecule has 0 unspecified atom stereocenters. The minimum absolute atomic E-state index is 0.155. The number of carbonyl (C=O) groups is 1. The van der Waals surface area contributed by atoms with Gasteiger partial charge in [-0.25, -0.2) is 0 Å². The lowest BCUT2D eigenvalue weighted by Crippen LogP contribution is -2.22. The van der Waals surface area contributed by atoms with Gasteiger partial charge < -0.3 is 15.5 Å². The van der Waals surface area contributed by atoms with E-state index in [9.17, 15) is 9.90 Å². The number of rotatable bonds is 6. The molecule has 1 aliphatic rings. The van der Waals surface area contributed by atoms with Gasteiger partial charge in [-0.05, 0) is 36.5 Å². The van der Waals surface area contributed by atoms with Gasteiger partial charge in [-0.15, -0.1) is 0 Å². The van der Waals surface area contributed by atoms with Crippen LogP contribution in [0.2, 0.25) is 5.02 Å². The summed E-state index contributed by atoms with van der Waals surface area (Å²) in [7, 11) is 0. The van der Waals surface area contributed by atoms with Gasteiger partial charge in [0, 0.05) is 28.9 Å². The summed E-state index contributed by atoms with van der Waals surface area (Å²) in [6.07, 6.45) is 3.80. The summed E-state index contributed by atoms with van der Waals surface area (Å²) in [4.78, 5) is 14.9. The lowest BCUT2D eigenvalue weighted by Gasteiger charge is -2.14. The fraction of sp³-hybridized carbons (Fsp3) is 0.294. The molecule has 0 saturated heterocycles. The first-order valence-corrected chi connectivity index (χ1v) is 7.83. The number of pyridine rings is 1. The zero-order valence-corrected chi connectivity index (χ0v) is 13.2. The lowest BCUT2D eigenvalue weighted by atomic mass is 9.97. The number of hydrogen-bond acceptors (Lipinski definition) is 4. The molecule has 120 valence electrons. The van der Waals surface area contributed by atoms with Crippen LogP contribution in [-0.4, -0.2) is 27.7 Å². The van der Waals surface area contributed by atoms with Crippen LogP contribution < -0.4 is 5.32 Å². The standard InChI is InChI=1S/C17H17ClN2O3/c18-12-3-1-2-11(6-12)13-7-20-14(8-19-9-15(21)22)17(23)16(13)10-4-5-10/h1-3,6-7,10,19,23H,4-5,8-9H2,(H,21,22). The maximum absolute atomic E-state index is 10.6. The average molecular weight is 333 g/mol. The molecule has 1 saturated carbocycles. The van der Waals surface area contributed by atoms with Crippen molar-refractivity contribution in [3.8, 4) is 16.9 Å². The van der Waals surface area contributed by atoms with Gasteiger partial charge in [0.1, 0.15) is 5.75 Å². The van der Waals surface area contributed by atoms with Crippen molar-refractivity contribution in [3.05, 3.63) is 46.7 Å². The topological polar surface area (TPSA) is 82.5 Å². The van der Waals surface area contributed by atoms with Gasteiger partial charge in [-0.1, -0.05) is 23.7 Å². The van der Waals surface area contributed by atoms with Gasteiger partial charge in [0.2, 0.25) is 0 Å². The van der Waals surface area contributed by atoms with Crippen molar-refractivity contribution in [3.63, 3.8) is 0 Å². The van der Waals surface area contributed by atoms with Crippen LogP contribution >= 0.6 is 11.6 Å². The van der Waals surface area contributed by atoms with Gasteiger partial charge in [0.15, 0.2) is 0 Å². The molecule has 2 aromatic rings. The van der Waals surface area contributed by atoms with Crippen molar-refractivity contribution >= 4 is 17.6 Å². The van der Waals surface area contributed by atoms with Crippen LogP contribution in [0.25, 0.3) is 11.1 Å². The Hall–Kier alpha value is -2.11. The number of nitrogens with zero attached hydrogens (tertiary/aromatic N) is 1. The van der Waals surface area contributed by atoms with Gasteiger partial charge in [0.25, 0.3) is 0 Å². The molecule has 1 aliphatic carbocycles. The highest BCUT2D eigenvalue weighted by Gasteiger charge is 2.31. The molecule has 1 fully saturated rings. The Morgan fingerprint density at radius 3 is 2.83 bits per heavy atom. The fourth-order valence-electron chi connectivity index (χ4n) is 2.64. The minimum Gasteiger partial charge on any atom is -0.506 e. The first-order chi connectivity index (χ1) is 11.1. The highest BCUT2D eigenvalue weighted by molar-refractivity contribution is 6.30. The molecule has 0 radical (unpaired) electrons. The lowest BCUT2D eigenvalue weighted by molar-refractivity contribution is -0.136. The SMILES string of the molecule is O=C(O)CNCc1ncc(-c2cccc(Cl)c2)c(C2CC2)c1O. The van der Waals surface area contributed by atoms with Crippen molar-refractivity contribution < 1.29 is 15.0 Å². The van der Waals surface area contributed by atoms with Gasteiger partial charge in [-0.3, -0.25) is 9.78 Å². The summed E-state index contributed by atoms with van der Waals surface area (Å²) in [6.45, 7) is 0.0452. The van der Waals surface area contributed by atoms with E-state index in [1.165, 1.54) is 0 Å². The molecule has 0 bridgehead atoms. The van der Waals surface area contributed by atoms with Crippen LogP contribution in [0.1, 0.15) is 30.0 Å². The third-order valence-corrected chi connectivity index (χ3v) is 4.09. The van der Waals surface area contributed by atoms with Crippen molar-refractivity contribution in [1.29, 1.82) is 0 Å². The molecule has 23 heavy (non-hydrogen) atoms. The number of halogens is 1. The summed E-state index contributed by atoms with van der Waals surface area (Å²) in [5.74, 6) is -0.462. The summed E-state index contributed by atoms with van der Waals surface area (Å²) < 4.78 is 0. The fourth-order valence-corrected chi connectivity index (χ4v) is 2.83. The normalized spacial score (nSPS) is 14.0. The molecule has 1 aromatic heterocycles. The highest BCUT2D eigenvalue weighted by atomic mass is 35.5. The van der Waals surface area contributed by atoms with E-state index in [0.717, 1.165) is 29.5 Å². The second-order valence-corrected chi connectivity index (χ2v) is 6.10. The number of benzene rings is 1. The van der Waals surface area contributed by atoms with Crippen LogP contribution in [-0.2, 0) is 11.3 Å². The largest absolute Gasteiger partial charge is 0.506 e. The Balaban J connectivity index is 1.95. The predicted octanol–water partition coefficient (Wildman–Crippen LogP) is 3.16. The quantitative estimate of drug-likeness (QED) is 0.757. The zero-order chi connectivity index (χ0) is 16.4. The Morgan fingerprint density at radius 1 is 1.39 bits per heavy atom. The second-order valence-electron chi connectivity index (χ2n) is 5.66. The van der Waals surface area contributed by atoms with Crippen molar-refractivity contribution in [2.24, 2.45) is 0 Å². The summed E-state index contributed by atoms with van der Waals surface area (Å²) >= 11 is 6.06. The Bertz CT molecular complexity index is 745. The highest BCUT2D eigenvalue weighted by Crippen LogP contribution is 2.49. The number of aromatic nitrogens is 1. The zero-order valence-electron chi connectivity index (χ0n) is 12.4. The van der Waals surface area contributed by atoms with E-state index in [2.05, 4.69) is 10.3 Å². The minimum atomic E-state index is -0.942. The molecule has 0 aliphatic heterocycles. The van der Waals surface area contributed by atoms with Gasteiger partial charge in [-0.2, -0.15) is 0 Å². The number of aliphatic carboxylic acids is 1. The number of hydrogen-bond donors (Lipinski definition) is 3. The smallest absolute Gasteiger partial charge is 0.317 e.